The molecular formula is C30H43ClN2O3. The lowest BCUT2D eigenvalue weighted by Crippen LogP contribution is -2.16. The standard InChI is InChI=1S/C30H43ClN2O3/c1-3-5-6-7-8-9-10-11-12-13-14-15-30(34)33-32-23-26-18-21-28(29(22-26)35-4-2)36-24-25-16-19-27(31)20-17-25/h16-23H,3-15,24H2,1-2H3,(H,33,34). The van der Waals surface area contributed by atoms with E-state index in [9.17, 15) is 4.79 Å². The monoisotopic (exact) mass is 514 g/mol. The van der Waals surface area contributed by atoms with E-state index in [0.29, 0.717) is 36.2 Å². The maximum atomic E-state index is 12.1. The third-order valence-corrected chi connectivity index (χ3v) is 6.24. The van der Waals surface area contributed by atoms with Crippen molar-refractivity contribution in [1.82, 2.24) is 5.43 Å². The predicted octanol–water partition coefficient (Wildman–Crippen LogP) is 8.47. The van der Waals surface area contributed by atoms with Crippen LogP contribution in [0.15, 0.2) is 47.6 Å². The quantitative estimate of drug-likeness (QED) is 0.116. The smallest absolute Gasteiger partial charge is 0.240 e. The fraction of sp³-hybridized carbons (Fsp3) is 0.533. The topological polar surface area (TPSA) is 59.9 Å². The molecule has 5 nitrogen and oxygen atoms in total. The molecule has 0 atom stereocenters. The highest BCUT2D eigenvalue weighted by molar-refractivity contribution is 6.30. The molecule has 0 unspecified atom stereocenters. The van der Waals surface area contributed by atoms with Gasteiger partial charge in [-0.15, -0.1) is 0 Å². The number of carbonyl (C=O) groups is 1. The van der Waals surface area contributed by atoms with Crippen LogP contribution in [0.3, 0.4) is 0 Å². The number of halogens is 1. The first kappa shape index (κ1) is 29.7. The summed E-state index contributed by atoms with van der Waals surface area (Å²) >= 11 is 5.94. The molecule has 0 spiro atoms. The van der Waals surface area contributed by atoms with E-state index < -0.39 is 0 Å². The van der Waals surface area contributed by atoms with Crippen LogP contribution in [0.5, 0.6) is 11.5 Å². The van der Waals surface area contributed by atoms with E-state index >= 15 is 0 Å². The average molecular weight is 515 g/mol. The van der Waals surface area contributed by atoms with Crippen molar-refractivity contribution < 1.29 is 14.3 Å². The molecule has 0 aliphatic carbocycles. The highest BCUT2D eigenvalue weighted by atomic mass is 35.5. The van der Waals surface area contributed by atoms with Gasteiger partial charge in [0.25, 0.3) is 0 Å². The van der Waals surface area contributed by atoms with E-state index in [1.165, 1.54) is 57.8 Å². The largest absolute Gasteiger partial charge is 0.490 e. The molecule has 0 aromatic heterocycles. The first-order valence-electron chi connectivity index (χ1n) is 13.6. The summed E-state index contributed by atoms with van der Waals surface area (Å²) in [4.78, 5) is 12.1. The third kappa shape index (κ3) is 13.0. The Balaban J connectivity index is 1.65. The van der Waals surface area contributed by atoms with Crippen LogP contribution < -0.4 is 14.9 Å². The van der Waals surface area contributed by atoms with Gasteiger partial charge in [0.2, 0.25) is 5.91 Å². The summed E-state index contributed by atoms with van der Waals surface area (Å²) in [5.74, 6) is 1.25. The number of ether oxygens (including phenoxy) is 2. The highest BCUT2D eigenvalue weighted by Crippen LogP contribution is 2.29. The summed E-state index contributed by atoms with van der Waals surface area (Å²) in [5.41, 5.74) is 4.48. The number of rotatable bonds is 19. The van der Waals surface area contributed by atoms with Crippen molar-refractivity contribution in [3.63, 3.8) is 0 Å². The summed E-state index contributed by atoms with van der Waals surface area (Å²) in [6.07, 6.45) is 16.1. The second-order valence-corrected chi connectivity index (χ2v) is 9.57. The Morgan fingerprint density at radius 1 is 0.833 bits per heavy atom. The maximum absolute atomic E-state index is 12.1. The van der Waals surface area contributed by atoms with Crippen molar-refractivity contribution in [3.8, 4) is 11.5 Å². The van der Waals surface area contributed by atoms with E-state index in [4.69, 9.17) is 21.1 Å². The Bertz CT molecular complexity index is 900. The van der Waals surface area contributed by atoms with Gasteiger partial charge in [0, 0.05) is 11.4 Å². The second-order valence-electron chi connectivity index (χ2n) is 9.13. The Labute approximate surface area is 222 Å². The van der Waals surface area contributed by atoms with Crippen LogP contribution in [0.4, 0.5) is 0 Å². The average Bonchev–Trinajstić information content (AvgIpc) is 2.88. The first-order valence-corrected chi connectivity index (χ1v) is 14.0. The van der Waals surface area contributed by atoms with Gasteiger partial charge >= 0.3 is 0 Å². The molecule has 6 heteroatoms. The van der Waals surface area contributed by atoms with Gasteiger partial charge in [0.05, 0.1) is 12.8 Å². The fourth-order valence-corrected chi connectivity index (χ4v) is 4.04. The molecule has 0 fully saturated rings. The van der Waals surface area contributed by atoms with Crippen molar-refractivity contribution >= 4 is 23.7 Å². The van der Waals surface area contributed by atoms with Gasteiger partial charge in [-0.1, -0.05) is 94.9 Å². The zero-order valence-electron chi connectivity index (χ0n) is 22.1. The molecule has 0 saturated carbocycles. The SMILES string of the molecule is CCCCCCCCCCCCCC(=O)NN=Cc1ccc(OCc2ccc(Cl)cc2)c(OCC)c1. The molecule has 2 rings (SSSR count). The van der Waals surface area contributed by atoms with E-state index in [1.54, 1.807) is 6.21 Å². The van der Waals surface area contributed by atoms with Gasteiger partial charge < -0.3 is 9.47 Å². The van der Waals surface area contributed by atoms with E-state index in [2.05, 4.69) is 17.5 Å². The summed E-state index contributed by atoms with van der Waals surface area (Å²) in [6, 6.07) is 13.2. The Morgan fingerprint density at radius 2 is 1.47 bits per heavy atom. The van der Waals surface area contributed by atoms with Crippen molar-refractivity contribution in [2.45, 2.75) is 97.5 Å². The third-order valence-electron chi connectivity index (χ3n) is 5.99. The zero-order valence-corrected chi connectivity index (χ0v) is 22.8. The molecule has 36 heavy (non-hydrogen) atoms. The van der Waals surface area contributed by atoms with Crippen LogP contribution in [0.2, 0.25) is 5.02 Å². The number of nitrogens with zero attached hydrogens (tertiary/aromatic N) is 1. The lowest BCUT2D eigenvalue weighted by molar-refractivity contribution is -0.121. The molecule has 198 valence electrons. The van der Waals surface area contributed by atoms with Gasteiger partial charge in [0.15, 0.2) is 11.5 Å². The maximum Gasteiger partial charge on any atom is 0.240 e. The van der Waals surface area contributed by atoms with E-state index in [1.807, 2.05) is 49.4 Å². The lowest BCUT2D eigenvalue weighted by atomic mass is 10.1. The number of nitrogens with one attached hydrogen (secondary N) is 1. The Hall–Kier alpha value is -2.53. The van der Waals surface area contributed by atoms with Gasteiger partial charge in [-0.3, -0.25) is 4.79 Å². The van der Waals surface area contributed by atoms with E-state index in [-0.39, 0.29) is 5.91 Å². The first-order chi connectivity index (χ1) is 17.6. The predicted molar refractivity (Wildman–Crippen MR) is 150 cm³/mol. The van der Waals surface area contributed by atoms with Crippen LogP contribution in [-0.4, -0.2) is 18.7 Å². The minimum Gasteiger partial charge on any atom is -0.490 e. The Morgan fingerprint density at radius 3 is 2.11 bits per heavy atom. The molecule has 1 amide bonds. The van der Waals surface area contributed by atoms with Crippen LogP contribution in [0.1, 0.15) is 102 Å². The molecule has 0 aliphatic rings. The van der Waals surface area contributed by atoms with Crippen LogP contribution >= 0.6 is 11.6 Å². The van der Waals surface area contributed by atoms with Crippen LogP contribution in [0.25, 0.3) is 0 Å². The summed E-state index contributed by atoms with van der Waals surface area (Å²) in [5, 5.41) is 4.81. The van der Waals surface area contributed by atoms with Gasteiger partial charge in [-0.2, -0.15) is 5.10 Å². The summed E-state index contributed by atoms with van der Waals surface area (Å²) in [7, 11) is 0. The molecular weight excluding hydrogens is 472 g/mol. The number of hydrogen-bond donors (Lipinski definition) is 1. The molecule has 0 aliphatic heterocycles. The minimum atomic E-state index is -0.0462. The van der Waals surface area contributed by atoms with Crippen molar-refractivity contribution in [3.05, 3.63) is 58.6 Å². The van der Waals surface area contributed by atoms with Gasteiger partial charge in [0.1, 0.15) is 6.61 Å². The Kier molecular flexibility index (Phi) is 15.4. The van der Waals surface area contributed by atoms with Crippen molar-refractivity contribution in [2.24, 2.45) is 5.10 Å². The van der Waals surface area contributed by atoms with Crippen molar-refractivity contribution in [2.75, 3.05) is 6.61 Å². The summed E-state index contributed by atoms with van der Waals surface area (Å²) < 4.78 is 11.7. The fourth-order valence-electron chi connectivity index (χ4n) is 3.92. The van der Waals surface area contributed by atoms with E-state index in [0.717, 1.165) is 24.0 Å². The zero-order chi connectivity index (χ0) is 25.8. The minimum absolute atomic E-state index is 0.0462. The van der Waals surface area contributed by atoms with Crippen LogP contribution in [0, 0.1) is 0 Å². The molecule has 2 aromatic carbocycles. The molecule has 0 saturated heterocycles. The highest BCUT2D eigenvalue weighted by Gasteiger charge is 2.07. The number of hydrazone groups is 1. The second kappa shape index (κ2) is 18.7. The number of benzene rings is 2. The molecule has 0 heterocycles. The number of unbranched alkanes of at least 4 members (excludes halogenated alkanes) is 10. The van der Waals surface area contributed by atoms with Gasteiger partial charge in [-0.05, 0) is 54.8 Å². The summed E-state index contributed by atoms with van der Waals surface area (Å²) in [6.45, 7) is 5.12. The number of hydrogen-bond acceptors (Lipinski definition) is 4. The van der Waals surface area contributed by atoms with Gasteiger partial charge in [-0.25, -0.2) is 5.43 Å². The van der Waals surface area contributed by atoms with Crippen LogP contribution in [-0.2, 0) is 11.4 Å². The molecule has 2 aromatic rings. The lowest BCUT2D eigenvalue weighted by Gasteiger charge is -2.12. The van der Waals surface area contributed by atoms with Crippen molar-refractivity contribution in [1.29, 1.82) is 0 Å². The molecule has 1 N–H and O–H groups in total. The number of carbonyl (C=O) groups excluding carboxylic acids is 1. The normalized spacial score (nSPS) is 11.1. The molecule has 0 bridgehead atoms. The molecule has 0 radical (unpaired) electrons. The number of amides is 1.